The molecule has 0 fully saturated rings. The molecule has 1 heterocycles. The summed E-state index contributed by atoms with van der Waals surface area (Å²) in [6.07, 6.45) is 5.90. The maximum atomic E-state index is 12.7. The number of fused-ring (bicyclic) bond motifs is 1. The predicted octanol–water partition coefficient (Wildman–Crippen LogP) is 6.42. The summed E-state index contributed by atoms with van der Waals surface area (Å²) in [5.74, 6) is 0.431. The van der Waals surface area contributed by atoms with Crippen LogP contribution in [0.3, 0.4) is 0 Å². The van der Waals surface area contributed by atoms with E-state index in [4.69, 9.17) is 14.2 Å². The lowest BCUT2D eigenvalue weighted by molar-refractivity contribution is -0.111. The van der Waals surface area contributed by atoms with Crippen LogP contribution < -0.4 is 14.8 Å². The van der Waals surface area contributed by atoms with Gasteiger partial charge in [-0.2, -0.15) is 0 Å². The second-order valence-electron chi connectivity index (χ2n) is 7.91. The Balaban J connectivity index is 1.48. The third-order valence-corrected chi connectivity index (χ3v) is 7.34. The van der Waals surface area contributed by atoms with Gasteiger partial charge in [0.2, 0.25) is 5.91 Å². The first kappa shape index (κ1) is 25.0. The van der Waals surface area contributed by atoms with Gasteiger partial charge in [-0.1, -0.05) is 30.3 Å². The van der Waals surface area contributed by atoms with E-state index >= 15 is 0 Å². The van der Waals surface area contributed by atoms with Gasteiger partial charge >= 0.3 is 5.97 Å². The molecule has 0 saturated heterocycles. The monoisotopic (exact) mass is 555 g/mol. The van der Waals surface area contributed by atoms with Crippen LogP contribution in [0.25, 0.3) is 6.08 Å². The zero-order valence-electron chi connectivity index (χ0n) is 19.6. The quantitative estimate of drug-likeness (QED) is 0.243. The molecule has 0 saturated carbocycles. The van der Waals surface area contributed by atoms with Crippen molar-refractivity contribution in [2.45, 2.75) is 32.8 Å². The van der Waals surface area contributed by atoms with Crippen LogP contribution in [-0.2, 0) is 29.0 Å². The van der Waals surface area contributed by atoms with Gasteiger partial charge in [0.1, 0.15) is 11.6 Å². The number of hydrogen-bond donors (Lipinski definition) is 1. The zero-order valence-corrected chi connectivity index (χ0v) is 22.0. The third-order valence-electron chi connectivity index (χ3n) is 5.54. The molecule has 8 heteroatoms. The molecule has 2 aromatic carbocycles. The third kappa shape index (κ3) is 5.94. The van der Waals surface area contributed by atoms with Gasteiger partial charge in [-0.05, 0) is 77.0 Å². The van der Waals surface area contributed by atoms with Gasteiger partial charge < -0.3 is 19.5 Å². The summed E-state index contributed by atoms with van der Waals surface area (Å²) in [4.78, 5) is 26.4. The SMILES string of the molecule is CCOC(=O)c1c(NC(=O)C=Cc2cc(Br)c(OCc3ccccc3)c(OC)c2)sc2c1CCC2. The Labute approximate surface area is 217 Å². The minimum Gasteiger partial charge on any atom is -0.493 e. The van der Waals surface area contributed by atoms with Gasteiger partial charge in [-0.3, -0.25) is 4.79 Å². The summed E-state index contributed by atoms with van der Waals surface area (Å²) in [7, 11) is 1.57. The number of methoxy groups -OCH3 is 1. The number of benzene rings is 2. The Morgan fingerprint density at radius 2 is 1.97 bits per heavy atom. The first-order chi connectivity index (χ1) is 17.0. The lowest BCUT2D eigenvalue weighted by atomic mass is 10.1. The highest BCUT2D eigenvalue weighted by Crippen LogP contribution is 2.40. The van der Waals surface area contributed by atoms with E-state index in [9.17, 15) is 9.59 Å². The molecule has 1 N–H and O–H groups in total. The van der Waals surface area contributed by atoms with Crippen LogP contribution in [0, 0.1) is 0 Å². The van der Waals surface area contributed by atoms with Crippen molar-refractivity contribution in [1.82, 2.24) is 0 Å². The normalized spacial score (nSPS) is 12.4. The molecule has 0 radical (unpaired) electrons. The van der Waals surface area contributed by atoms with Crippen molar-refractivity contribution in [3.05, 3.63) is 80.1 Å². The molecule has 3 aromatic rings. The van der Waals surface area contributed by atoms with E-state index in [-0.39, 0.29) is 11.9 Å². The molecule has 4 rings (SSSR count). The molecule has 6 nitrogen and oxygen atoms in total. The maximum absolute atomic E-state index is 12.7. The molecule has 0 atom stereocenters. The smallest absolute Gasteiger partial charge is 0.341 e. The number of carbonyl (C=O) groups excluding carboxylic acids is 2. The summed E-state index contributed by atoms with van der Waals surface area (Å²) in [6, 6.07) is 13.5. The van der Waals surface area contributed by atoms with Crippen molar-refractivity contribution in [3.8, 4) is 11.5 Å². The molecular weight excluding hydrogens is 530 g/mol. The van der Waals surface area contributed by atoms with Crippen LogP contribution in [0.5, 0.6) is 11.5 Å². The molecule has 0 unspecified atom stereocenters. The van der Waals surface area contributed by atoms with E-state index < -0.39 is 0 Å². The fraction of sp³-hybridized carbons (Fsp3) is 0.259. The Morgan fingerprint density at radius 1 is 1.17 bits per heavy atom. The number of hydrogen-bond acceptors (Lipinski definition) is 6. The number of carbonyl (C=O) groups is 2. The first-order valence-corrected chi connectivity index (χ1v) is 13.0. The molecule has 1 aliphatic carbocycles. The van der Waals surface area contributed by atoms with Gasteiger partial charge in [-0.15, -0.1) is 11.3 Å². The van der Waals surface area contributed by atoms with E-state index in [0.29, 0.717) is 39.8 Å². The van der Waals surface area contributed by atoms with Crippen molar-refractivity contribution in [2.24, 2.45) is 0 Å². The van der Waals surface area contributed by atoms with Crippen LogP contribution in [0.15, 0.2) is 53.0 Å². The predicted molar refractivity (Wildman–Crippen MR) is 141 cm³/mol. The van der Waals surface area contributed by atoms with Crippen molar-refractivity contribution < 1.29 is 23.8 Å². The van der Waals surface area contributed by atoms with Crippen molar-refractivity contribution in [1.29, 1.82) is 0 Å². The Bertz CT molecular complexity index is 1250. The molecule has 0 aliphatic heterocycles. The molecule has 182 valence electrons. The Morgan fingerprint density at radius 3 is 2.71 bits per heavy atom. The summed E-state index contributed by atoms with van der Waals surface area (Å²) < 4.78 is 17.4. The summed E-state index contributed by atoms with van der Waals surface area (Å²) in [5.41, 5.74) is 3.31. The van der Waals surface area contributed by atoms with E-state index in [0.717, 1.165) is 40.8 Å². The van der Waals surface area contributed by atoms with Gasteiger partial charge in [0, 0.05) is 11.0 Å². The molecule has 1 aliphatic rings. The van der Waals surface area contributed by atoms with E-state index in [1.54, 1.807) is 26.2 Å². The number of rotatable bonds is 9. The first-order valence-electron chi connectivity index (χ1n) is 11.3. The highest BCUT2D eigenvalue weighted by atomic mass is 79.9. The fourth-order valence-electron chi connectivity index (χ4n) is 3.94. The van der Waals surface area contributed by atoms with Gasteiger partial charge in [-0.25, -0.2) is 4.79 Å². The molecule has 0 bridgehead atoms. The van der Waals surface area contributed by atoms with Crippen LogP contribution in [-0.4, -0.2) is 25.6 Å². The van der Waals surface area contributed by atoms with Crippen molar-refractivity contribution >= 4 is 50.2 Å². The second-order valence-corrected chi connectivity index (χ2v) is 9.87. The largest absolute Gasteiger partial charge is 0.493 e. The van der Waals surface area contributed by atoms with Crippen molar-refractivity contribution in [2.75, 3.05) is 19.0 Å². The lowest BCUT2D eigenvalue weighted by Gasteiger charge is -2.13. The Kier molecular flexibility index (Phi) is 8.25. The number of anilines is 1. The summed E-state index contributed by atoms with van der Waals surface area (Å²) >= 11 is 5.01. The van der Waals surface area contributed by atoms with E-state index in [1.807, 2.05) is 36.4 Å². The highest BCUT2D eigenvalue weighted by Gasteiger charge is 2.28. The number of nitrogens with one attached hydrogen (secondary N) is 1. The molecule has 0 spiro atoms. The topological polar surface area (TPSA) is 73.9 Å². The lowest BCUT2D eigenvalue weighted by Crippen LogP contribution is -2.13. The molecule has 35 heavy (non-hydrogen) atoms. The van der Waals surface area contributed by atoms with Crippen LogP contribution in [0.4, 0.5) is 5.00 Å². The number of esters is 1. The average molecular weight is 556 g/mol. The van der Waals surface area contributed by atoms with E-state index in [1.165, 1.54) is 17.4 Å². The zero-order chi connectivity index (χ0) is 24.8. The number of thiophene rings is 1. The molecule has 1 amide bonds. The molecule has 1 aromatic heterocycles. The second kappa shape index (κ2) is 11.6. The Hall–Kier alpha value is -3.10. The van der Waals surface area contributed by atoms with Crippen LogP contribution in [0.2, 0.25) is 0 Å². The molecular formula is C27H26BrNO5S. The number of aryl methyl sites for hydroxylation is 1. The standard InChI is InChI=1S/C27H26BrNO5S/c1-3-33-27(31)24-19-10-7-11-22(19)35-26(24)29-23(30)13-12-18-14-20(28)25(21(15-18)32-2)34-16-17-8-5-4-6-9-17/h4-6,8-9,12-15H,3,7,10-11,16H2,1-2H3,(H,29,30). The summed E-state index contributed by atoms with van der Waals surface area (Å²) in [6.45, 7) is 2.47. The maximum Gasteiger partial charge on any atom is 0.341 e. The number of amides is 1. The number of halogens is 1. The van der Waals surface area contributed by atoms with Crippen molar-refractivity contribution in [3.63, 3.8) is 0 Å². The number of ether oxygens (including phenoxy) is 3. The fourth-order valence-corrected chi connectivity index (χ4v) is 5.80. The highest BCUT2D eigenvalue weighted by molar-refractivity contribution is 9.10. The van der Waals surface area contributed by atoms with E-state index in [2.05, 4.69) is 21.2 Å². The average Bonchev–Trinajstić information content (AvgIpc) is 3.43. The minimum atomic E-state index is -0.383. The van der Waals surface area contributed by atoms with Gasteiger partial charge in [0.05, 0.1) is 23.8 Å². The van der Waals surface area contributed by atoms with Crippen LogP contribution >= 0.6 is 27.3 Å². The summed E-state index contributed by atoms with van der Waals surface area (Å²) in [5, 5.41) is 3.41. The van der Waals surface area contributed by atoms with Gasteiger partial charge in [0.15, 0.2) is 11.5 Å². The minimum absolute atomic E-state index is 0.290. The van der Waals surface area contributed by atoms with Crippen LogP contribution in [0.1, 0.15) is 45.3 Å². The van der Waals surface area contributed by atoms with Gasteiger partial charge in [0.25, 0.3) is 0 Å².